The van der Waals surface area contributed by atoms with E-state index in [1.165, 1.54) is 7.11 Å². The molecule has 0 heterocycles. The molecule has 0 aliphatic heterocycles. The topological polar surface area (TPSA) is 79.5 Å². The normalized spacial score (nSPS) is 9.78. The minimum absolute atomic E-state index is 0.126. The molecule has 0 radical (unpaired) electrons. The Morgan fingerprint density at radius 2 is 1.65 bits per heavy atom. The molecule has 23 heavy (non-hydrogen) atoms. The number of carbonyl (C=O) groups is 2. The molecule has 6 nitrogen and oxygen atoms in total. The van der Waals surface area contributed by atoms with Gasteiger partial charge in [-0.15, -0.1) is 0 Å². The predicted octanol–water partition coefficient (Wildman–Crippen LogP) is 2.13. The number of methoxy groups -OCH3 is 1. The van der Waals surface area contributed by atoms with Crippen LogP contribution in [0.5, 0.6) is 5.75 Å². The first-order valence-corrected chi connectivity index (χ1v) is 7.17. The van der Waals surface area contributed by atoms with Gasteiger partial charge in [0.15, 0.2) is 0 Å². The maximum atomic E-state index is 11.9. The summed E-state index contributed by atoms with van der Waals surface area (Å²) in [5.74, 6) is 0.235. The second kappa shape index (κ2) is 8.43. The molecule has 2 aromatic rings. The van der Waals surface area contributed by atoms with Gasteiger partial charge in [-0.05, 0) is 17.7 Å². The van der Waals surface area contributed by atoms with E-state index in [2.05, 4.69) is 16.0 Å². The van der Waals surface area contributed by atoms with Gasteiger partial charge in [-0.2, -0.15) is 0 Å². The van der Waals surface area contributed by atoms with Crippen molar-refractivity contribution in [1.82, 2.24) is 10.6 Å². The molecule has 0 aliphatic rings. The van der Waals surface area contributed by atoms with E-state index in [1.54, 1.807) is 18.2 Å². The van der Waals surface area contributed by atoms with Crippen LogP contribution < -0.4 is 20.7 Å². The van der Waals surface area contributed by atoms with E-state index >= 15 is 0 Å². The number of hydrogen-bond acceptors (Lipinski definition) is 3. The predicted molar refractivity (Wildman–Crippen MR) is 88.3 cm³/mol. The Labute approximate surface area is 134 Å². The van der Waals surface area contributed by atoms with Crippen LogP contribution in [0.15, 0.2) is 54.6 Å². The van der Waals surface area contributed by atoms with Gasteiger partial charge in [-0.25, -0.2) is 4.79 Å². The van der Waals surface area contributed by atoms with Crippen molar-refractivity contribution in [1.29, 1.82) is 0 Å². The highest BCUT2D eigenvalue weighted by Crippen LogP contribution is 2.22. The van der Waals surface area contributed by atoms with E-state index in [0.29, 0.717) is 18.0 Å². The standard InChI is InChI=1S/C17H19N3O3/c1-23-15-10-6-5-9-14(15)20-16(21)12-19-17(22)18-11-13-7-3-2-4-8-13/h2-10H,11-12H2,1H3,(H,20,21)(H2,18,19,22). The van der Waals surface area contributed by atoms with E-state index < -0.39 is 6.03 Å². The highest BCUT2D eigenvalue weighted by Gasteiger charge is 2.08. The van der Waals surface area contributed by atoms with Crippen molar-refractivity contribution in [2.45, 2.75) is 6.54 Å². The zero-order valence-corrected chi connectivity index (χ0v) is 12.8. The summed E-state index contributed by atoms with van der Waals surface area (Å²) in [5.41, 5.74) is 1.55. The molecule has 0 saturated carbocycles. The van der Waals surface area contributed by atoms with Crippen LogP contribution >= 0.6 is 0 Å². The number of nitrogens with one attached hydrogen (secondary N) is 3. The third kappa shape index (κ3) is 5.35. The number of anilines is 1. The quantitative estimate of drug-likeness (QED) is 0.764. The van der Waals surface area contributed by atoms with Crippen molar-refractivity contribution in [3.63, 3.8) is 0 Å². The number of rotatable bonds is 6. The fraction of sp³-hybridized carbons (Fsp3) is 0.176. The first-order chi connectivity index (χ1) is 11.2. The third-order valence-electron chi connectivity index (χ3n) is 3.09. The number of urea groups is 1. The summed E-state index contributed by atoms with van der Waals surface area (Å²) in [6.45, 7) is 0.277. The van der Waals surface area contributed by atoms with E-state index in [0.717, 1.165) is 5.56 Å². The van der Waals surface area contributed by atoms with E-state index in [-0.39, 0.29) is 12.5 Å². The molecular weight excluding hydrogens is 294 g/mol. The Morgan fingerprint density at radius 3 is 2.39 bits per heavy atom. The number of ether oxygens (including phenoxy) is 1. The second-order valence-electron chi connectivity index (χ2n) is 4.77. The monoisotopic (exact) mass is 313 g/mol. The number of amides is 3. The van der Waals surface area contributed by atoms with Gasteiger partial charge in [-0.3, -0.25) is 4.79 Å². The molecule has 2 aromatic carbocycles. The van der Waals surface area contributed by atoms with E-state index in [9.17, 15) is 9.59 Å². The molecule has 0 unspecified atom stereocenters. The first kappa shape index (κ1) is 16.4. The second-order valence-corrected chi connectivity index (χ2v) is 4.77. The van der Waals surface area contributed by atoms with Gasteiger partial charge in [0.2, 0.25) is 5.91 Å². The minimum Gasteiger partial charge on any atom is -0.495 e. The SMILES string of the molecule is COc1ccccc1NC(=O)CNC(=O)NCc1ccccc1. The molecular formula is C17H19N3O3. The molecule has 120 valence electrons. The van der Waals surface area contributed by atoms with Crippen molar-refractivity contribution in [2.75, 3.05) is 19.0 Å². The van der Waals surface area contributed by atoms with Gasteiger partial charge in [0.05, 0.1) is 19.3 Å². The van der Waals surface area contributed by atoms with Gasteiger partial charge in [0.25, 0.3) is 0 Å². The minimum atomic E-state index is -0.399. The summed E-state index contributed by atoms with van der Waals surface area (Å²) >= 11 is 0. The van der Waals surface area contributed by atoms with Crippen LogP contribution in [0, 0.1) is 0 Å². The Bertz CT molecular complexity index is 659. The Hall–Kier alpha value is -3.02. The van der Waals surface area contributed by atoms with Gasteiger partial charge in [0.1, 0.15) is 5.75 Å². The van der Waals surface area contributed by atoms with Crippen molar-refractivity contribution >= 4 is 17.6 Å². The highest BCUT2D eigenvalue weighted by molar-refractivity contribution is 5.95. The van der Waals surface area contributed by atoms with E-state index in [4.69, 9.17) is 4.74 Å². The Morgan fingerprint density at radius 1 is 0.957 bits per heavy atom. The van der Waals surface area contributed by atoms with Crippen LogP contribution in [-0.2, 0) is 11.3 Å². The van der Waals surface area contributed by atoms with Crippen molar-refractivity contribution in [3.05, 3.63) is 60.2 Å². The van der Waals surface area contributed by atoms with Gasteiger partial charge < -0.3 is 20.7 Å². The lowest BCUT2D eigenvalue weighted by Crippen LogP contribution is -2.39. The summed E-state index contributed by atoms with van der Waals surface area (Å²) in [6.07, 6.45) is 0. The molecule has 0 fully saturated rings. The number of para-hydroxylation sites is 2. The summed E-state index contributed by atoms with van der Waals surface area (Å²) < 4.78 is 5.14. The Kier molecular flexibility index (Phi) is 5.99. The summed E-state index contributed by atoms with van der Waals surface area (Å²) in [5, 5.41) is 7.88. The molecule has 2 rings (SSSR count). The molecule has 0 atom stereocenters. The molecule has 0 saturated heterocycles. The highest BCUT2D eigenvalue weighted by atomic mass is 16.5. The zero-order chi connectivity index (χ0) is 16.5. The zero-order valence-electron chi connectivity index (χ0n) is 12.8. The molecule has 6 heteroatoms. The van der Waals surface area contributed by atoms with Crippen molar-refractivity contribution < 1.29 is 14.3 Å². The van der Waals surface area contributed by atoms with Crippen LogP contribution in [0.25, 0.3) is 0 Å². The molecule has 3 N–H and O–H groups in total. The van der Waals surface area contributed by atoms with Crippen LogP contribution in [0.1, 0.15) is 5.56 Å². The lowest BCUT2D eigenvalue weighted by atomic mass is 10.2. The van der Waals surface area contributed by atoms with Gasteiger partial charge in [-0.1, -0.05) is 42.5 Å². The van der Waals surface area contributed by atoms with Crippen molar-refractivity contribution in [2.24, 2.45) is 0 Å². The lowest BCUT2D eigenvalue weighted by molar-refractivity contribution is -0.115. The number of hydrogen-bond donors (Lipinski definition) is 3. The fourth-order valence-corrected chi connectivity index (χ4v) is 1.94. The Balaban J connectivity index is 1.74. The van der Waals surface area contributed by atoms with Gasteiger partial charge >= 0.3 is 6.03 Å². The van der Waals surface area contributed by atoms with Crippen molar-refractivity contribution in [3.8, 4) is 5.75 Å². The maximum absolute atomic E-state index is 11.9. The maximum Gasteiger partial charge on any atom is 0.315 e. The molecule has 0 aromatic heterocycles. The van der Waals surface area contributed by atoms with Crippen LogP contribution in [0.4, 0.5) is 10.5 Å². The average Bonchev–Trinajstić information content (AvgIpc) is 2.59. The number of benzene rings is 2. The van der Waals surface area contributed by atoms with Gasteiger partial charge in [0, 0.05) is 6.54 Å². The van der Waals surface area contributed by atoms with Crippen LogP contribution in [-0.4, -0.2) is 25.6 Å². The summed E-state index contributed by atoms with van der Waals surface area (Å²) in [6, 6.07) is 16.2. The summed E-state index contributed by atoms with van der Waals surface area (Å²) in [7, 11) is 1.53. The molecule has 3 amide bonds. The van der Waals surface area contributed by atoms with Crippen LogP contribution in [0.3, 0.4) is 0 Å². The largest absolute Gasteiger partial charge is 0.495 e. The van der Waals surface area contributed by atoms with Crippen LogP contribution in [0.2, 0.25) is 0 Å². The molecule has 0 spiro atoms. The lowest BCUT2D eigenvalue weighted by Gasteiger charge is -2.11. The smallest absolute Gasteiger partial charge is 0.315 e. The number of carbonyl (C=O) groups excluding carboxylic acids is 2. The first-order valence-electron chi connectivity index (χ1n) is 7.17. The van der Waals surface area contributed by atoms with E-state index in [1.807, 2.05) is 36.4 Å². The molecule has 0 aliphatic carbocycles. The fourth-order valence-electron chi connectivity index (χ4n) is 1.94. The summed E-state index contributed by atoms with van der Waals surface area (Å²) in [4.78, 5) is 23.5. The molecule has 0 bridgehead atoms. The third-order valence-corrected chi connectivity index (χ3v) is 3.09. The average molecular weight is 313 g/mol.